The van der Waals surface area contributed by atoms with Crippen LogP contribution >= 0.6 is 0 Å². The normalized spacial score (nSPS) is 10.2. The Morgan fingerprint density at radius 3 is 1.85 bits per heavy atom. The van der Waals surface area contributed by atoms with Crippen LogP contribution in [0.2, 0.25) is 0 Å². The minimum absolute atomic E-state index is 0.843. The number of benzene rings is 2. The second-order valence-corrected chi connectivity index (χ2v) is 4.69. The van der Waals surface area contributed by atoms with E-state index >= 15 is 0 Å². The summed E-state index contributed by atoms with van der Waals surface area (Å²) in [6.07, 6.45) is 3.93. The van der Waals surface area contributed by atoms with E-state index < -0.39 is 0 Å². The fourth-order valence-electron chi connectivity index (χ4n) is 2.04. The molecule has 0 spiro atoms. The zero-order valence-electron chi connectivity index (χ0n) is 11.4. The summed E-state index contributed by atoms with van der Waals surface area (Å²) < 4.78 is 7.79. The van der Waals surface area contributed by atoms with Crippen molar-refractivity contribution >= 4 is 0 Å². The number of nitrogens with zero attached hydrogens (tertiary/aromatic N) is 1. The maximum atomic E-state index is 5.81. The summed E-state index contributed by atoms with van der Waals surface area (Å²) in [5.74, 6) is 1.69. The SMILES string of the molecule is C[n+]1ccc(Oc2ccc(-c3ccccc3)cc2)cc1. The molecule has 0 radical (unpaired) electrons. The highest BCUT2D eigenvalue weighted by atomic mass is 16.5. The first-order valence-corrected chi connectivity index (χ1v) is 6.60. The highest BCUT2D eigenvalue weighted by molar-refractivity contribution is 5.64. The molecule has 0 aliphatic carbocycles. The van der Waals surface area contributed by atoms with Crippen molar-refractivity contribution in [3.05, 3.63) is 79.1 Å². The molecule has 1 heterocycles. The molecule has 2 aromatic carbocycles. The highest BCUT2D eigenvalue weighted by Gasteiger charge is 2.01. The molecule has 2 nitrogen and oxygen atoms in total. The van der Waals surface area contributed by atoms with Crippen LogP contribution in [0.4, 0.5) is 0 Å². The lowest BCUT2D eigenvalue weighted by atomic mass is 10.1. The van der Waals surface area contributed by atoms with Crippen molar-refractivity contribution < 1.29 is 9.30 Å². The van der Waals surface area contributed by atoms with Gasteiger partial charge in [0.25, 0.3) is 0 Å². The van der Waals surface area contributed by atoms with Crippen molar-refractivity contribution in [2.75, 3.05) is 0 Å². The number of hydrogen-bond donors (Lipinski definition) is 0. The maximum absolute atomic E-state index is 5.81. The van der Waals surface area contributed by atoms with Gasteiger partial charge in [-0.25, -0.2) is 4.57 Å². The van der Waals surface area contributed by atoms with Crippen LogP contribution in [-0.4, -0.2) is 0 Å². The van der Waals surface area contributed by atoms with Crippen LogP contribution in [0.25, 0.3) is 11.1 Å². The fraction of sp³-hybridized carbons (Fsp3) is 0.0556. The van der Waals surface area contributed by atoms with Gasteiger partial charge in [-0.3, -0.25) is 0 Å². The Bertz CT molecular complexity index is 673. The predicted molar refractivity (Wildman–Crippen MR) is 79.6 cm³/mol. The standard InChI is InChI=1S/C18H16NO/c1-19-13-11-18(12-14-19)20-17-9-7-16(8-10-17)15-5-3-2-4-6-15/h2-14H,1H3/q+1. The smallest absolute Gasteiger partial charge is 0.172 e. The van der Waals surface area contributed by atoms with E-state index in [0.29, 0.717) is 0 Å². The Labute approximate surface area is 118 Å². The van der Waals surface area contributed by atoms with E-state index in [1.54, 1.807) is 0 Å². The molecule has 0 bridgehead atoms. The Hall–Kier alpha value is -2.61. The molecule has 0 aliphatic rings. The van der Waals surface area contributed by atoms with Crippen molar-refractivity contribution in [2.24, 2.45) is 7.05 Å². The van der Waals surface area contributed by atoms with Gasteiger partial charge in [0, 0.05) is 12.1 Å². The summed E-state index contributed by atoms with van der Waals surface area (Å²) in [5.41, 5.74) is 2.41. The fourth-order valence-corrected chi connectivity index (χ4v) is 2.04. The molecule has 3 aromatic rings. The van der Waals surface area contributed by atoms with Crippen LogP contribution < -0.4 is 9.30 Å². The molecule has 98 valence electrons. The van der Waals surface area contributed by atoms with Crippen molar-refractivity contribution in [2.45, 2.75) is 0 Å². The van der Waals surface area contributed by atoms with E-state index in [0.717, 1.165) is 11.5 Å². The van der Waals surface area contributed by atoms with Gasteiger partial charge < -0.3 is 4.74 Å². The van der Waals surface area contributed by atoms with Crippen LogP contribution in [0.1, 0.15) is 0 Å². The lowest BCUT2D eigenvalue weighted by molar-refractivity contribution is -0.671. The first-order chi connectivity index (χ1) is 9.81. The van der Waals surface area contributed by atoms with Crippen molar-refractivity contribution in [3.8, 4) is 22.6 Å². The molecule has 0 saturated heterocycles. The summed E-state index contributed by atoms with van der Waals surface area (Å²) >= 11 is 0. The summed E-state index contributed by atoms with van der Waals surface area (Å²) in [4.78, 5) is 0. The molecule has 0 aliphatic heterocycles. The second-order valence-electron chi connectivity index (χ2n) is 4.69. The zero-order valence-corrected chi connectivity index (χ0v) is 11.4. The third-order valence-electron chi connectivity index (χ3n) is 3.15. The molecule has 0 amide bonds. The van der Waals surface area contributed by atoms with E-state index in [2.05, 4.69) is 24.3 Å². The van der Waals surface area contributed by atoms with Gasteiger partial charge in [-0.1, -0.05) is 42.5 Å². The predicted octanol–water partition coefficient (Wildman–Crippen LogP) is 3.97. The number of ether oxygens (including phenoxy) is 1. The maximum Gasteiger partial charge on any atom is 0.172 e. The van der Waals surface area contributed by atoms with Crippen molar-refractivity contribution in [1.82, 2.24) is 0 Å². The second kappa shape index (κ2) is 5.57. The van der Waals surface area contributed by atoms with Gasteiger partial charge in [-0.15, -0.1) is 0 Å². The largest absolute Gasteiger partial charge is 0.457 e. The monoisotopic (exact) mass is 262 g/mol. The molecule has 3 rings (SSSR count). The first-order valence-electron chi connectivity index (χ1n) is 6.60. The van der Waals surface area contributed by atoms with Crippen molar-refractivity contribution in [3.63, 3.8) is 0 Å². The van der Waals surface area contributed by atoms with Crippen LogP contribution in [0.15, 0.2) is 79.1 Å². The number of hydrogen-bond acceptors (Lipinski definition) is 1. The number of rotatable bonds is 3. The quantitative estimate of drug-likeness (QED) is 0.651. The van der Waals surface area contributed by atoms with Gasteiger partial charge in [0.15, 0.2) is 12.4 Å². The minimum Gasteiger partial charge on any atom is -0.457 e. The Balaban J connectivity index is 1.78. The Kier molecular flexibility index (Phi) is 3.46. The third-order valence-corrected chi connectivity index (χ3v) is 3.15. The molecular formula is C18H16NO+. The molecule has 2 heteroatoms. The topological polar surface area (TPSA) is 13.1 Å². The van der Waals surface area contributed by atoms with E-state index in [-0.39, 0.29) is 0 Å². The lowest BCUT2D eigenvalue weighted by Crippen LogP contribution is -2.25. The van der Waals surface area contributed by atoms with E-state index in [1.807, 2.05) is 66.5 Å². The summed E-state index contributed by atoms with van der Waals surface area (Å²) in [6.45, 7) is 0. The van der Waals surface area contributed by atoms with Gasteiger partial charge in [0.1, 0.15) is 18.5 Å². The van der Waals surface area contributed by atoms with E-state index in [9.17, 15) is 0 Å². The van der Waals surface area contributed by atoms with Gasteiger partial charge in [0.05, 0.1) is 0 Å². The van der Waals surface area contributed by atoms with Gasteiger partial charge in [-0.05, 0) is 23.3 Å². The Morgan fingerprint density at radius 1 is 0.650 bits per heavy atom. The van der Waals surface area contributed by atoms with Crippen molar-refractivity contribution in [1.29, 1.82) is 0 Å². The number of aromatic nitrogens is 1. The molecule has 20 heavy (non-hydrogen) atoms. The van der Waals surface area contributed by atoms with Gasteiger partial charge in [0.2, 0.25) is 0 Å². The number of aryl methyl sites for hydroxylation is 1. The Morgan fingerprint density at radius 2 is 1.20 bits per heavy atom. The molecule has 0 unspecified atom stereocenters. The van der Waals surface area contributed by atoms with E-state index in [4.69, 9.17) is 4.74 Å². The van der Waals surface area contributed by atoms with E-state index in [1.165, 1.54) is 11.1 Å². The molecular weight excluding hydrogens is 246 g/mol. The highest BCUT2D eigenvalue weighted by Crippen LogP contribution is 2.25. The zero-order chi connectivity index (χ0) is 13.8. The average molecular weight is 262 g/mol. The summed E-state index contributed by atoms with van der Waals surface area (Å²) in [6, 6.07) is 22.4. The molecule has 1 aromatic heterocycles. The third kappa shape index (κ3) is 2.86. The van der Waals surface area contributed by atoms with Crippen LogP contribution in [0, 0.1) is 0 Å². The van der Waals surface area contributed by atoms with Crippen LogP contribution in [-0.2, 0) is 7.05 Å². The number of pyridine rings is 1. The van der Waals surface area contributed by atoms with Crippen LogP contribution in [0.3, 0.4) is 0 Å². The van der Waals surface area contributed by atoms with Gasteiger partial charge >= 0.3 is 0 Å². The summed E-state index contributed by atoms with van der Waals surface area (Å²) in [5, 5.41) is 0. The van der Waals surface area contributed by atoms with Gasteiger partial charge in [-0.2, -0.15) is 0 Å². The first kappa shape index (κ1) is 12.4. The molecule has 0 fully saturated rings. The van der Waals surface area contributed by atoms with Crippen LogP contribution in [0.5, 0.6) is 11.5 Å². The molecule has 0 saturated carbocycles. The summed E-state index contributed by atoms with van der Waals surface area (Å²) in [7, 11) is 1.98. The molecule has 0 N–H and O–H groups in total. The lowest BCUT2D eigenvalue weighted by Gasteiger charge is -2.06. The minimum atomic E-state index is 0.843. The molecule has 0 atom stereocenters. The average Bonchev–Trinajstić information content (AvgIpc) is 2.51.